The van der Waals surface area contributed by atoms with Gasteiger partial charge in [-0.15, -0.1) is 0 Å². The van der Waals surface area contributed by atoms with Gasteiger partial charge in [-0.05, 0) is 91.3 Å². The van der Waals surface area contributed by atoms with E-state index in [0.717, 1.165) is 24.8 Å². The average Bonchev–Trinajstić information content (AvgIpc) is 3.61. The molecule has 0 bridgehead atoms. The van der Waals surface area contributed by atoms with Crippen LogP contribution in [0.25, 0.3) is 10.9 Å². The molecule has 2 fully saturated rings. The number of fused-ring (bicyclic) bond motifs is 5. The summed E-state index contributed by atoms with van der Waals surface area (Å²) in [5.74, 6) is -1.47. The lowest BCUT2D eigenvalue weighted by Gasteiger charge is -2.36. The Morgan fingerprint density at radius 3 is 2.73 bits per heavy atom. The molecule has 1 saturated carbocycles. The summed E-state index contributed by atoms with van der Waals surface area (Å²) in [4.78, 5) is 61.3. The molecule has 49 heavy (non-hydrogen) atoms. The average molecular weight is 679 g/mol. The number of carbonyl (C=O) groups excluding carboxylic acids is 4. The molecule has 1 unspecified atom stereocenters. The summed E-state index contributed by atoms with van der Waals surface area (Å²) in [6, 6.07) is 2.54. The van der Waals surface area contributed by atoms with E-state index in [0.29, 0.717) is 54.5 Å². The first-order valence-electron chi connectivity index (χ1n) is 17.5. The van der Waals surface area contributed by atoms with E-state index in [4.69, 9.17) is 14.2 Å². The number of halogens is 1. The van der Waals surface area contributed by atoms with Crippen LogP contribution in [0.3, 0.4) is 0 Å². The number of pyridine rings is 1. The number of aryl methyl sites for hydroxylation is 2. The van der Waals surface area contributed by atoms with E-state index in [1.165, 1.54) is 17.0 Å². The van der Waals surface area contributed by atoms with E-state index in [2.05, 4.69) is 15.6 Å². The number of alkyl carbamates (subject to hydrolysis) is 1. The van der Waals surface area contributed by atoms with Crippen LogP contribution in [0.15, 0.2) is 30.4 Å². The fourth-order valence-electron chi connectivity index (χ4n) is 7.56. The van der Waals surface area contributed by atoms with Gasteiger partial charge in [0.05, 0.1) is 24.4 Å². The van der Waals surface area contributed by atoms with Crippen LogP contribution < -0.4 is 15.4 Å². The number of aromatic nitrogens is 1. The second kappa shape index (κ2) is 13.2. The van der Waals surface area contributed by atoms with Crippen molar-refractivity contribution in [3.05, 3.63) is 47.4 Å². The normalized spacial score (nSPS) is 29.3. The van der Waals surface area contributed by atoms with Crippen molar-refractivity contribution in [2.75, 3.05) is 13.2 Å². The number of allylic oxidation sites excluding steroid dienone is 1. The van der Waals surface area contributed by atoms with Crippen LogP contribution in [0, 0.1) is 18.7 Å². The quantitative estimate of drug-likeness (QED) is 0.334. The number of benzene rings is 1. The number of esters is 1. The van der Waals surface area contributed by atoms with Gasteiger partial charge in [-0.2, -0.15) is 0 Å². The van der Waals surface area contributed by atoms with Crippen LogP contribution in [0.1, 0.15) is 90.3 Å². The van der Waals surface area contributed by atoms with Crippen molar-refractivity contribution in [1.82, 2.24) is 20.5 Å². The summed E-state index contributed by atoms with van der Waals surface area (Å²) in [5, 5.41) is 6.46. The van der Waals surface area contributed by atoms with Crippen molar-refractivity contribution in [2.45, 2.75) is 121 Å². The fraction of sp³-hybridized carbons (Fsp3) is 0.595. The van der Waals surface area contributed by atoms with Gasteiger partial charge in [-0.1, -0.05) is 25.0 Å². The van der Waals surface area contributed by atoms with Crippen LogP contribution in [0.4, 0.5) is 9.18 Å². The van der Waals surface area contributed by atoms with Gasteiger partial charge in [-0.25, -0.2) is 19.0 Å². The molecule has 6 rings (SSSR count). The highest BCUT2D eigenvalue weighted by Crippen LogP contribution is 2.48. The minimum absolute atomic E-state index is 0.0756. The molecule has 1 aromatic heterocycles. The highest BCUT2D eigenvalue weighted by Gasteiger charge is 2.63. The molecule has 2 aromatic rings. The lowest BCUT2D eigenvalue weighted by Crippen LogP contribution is -2.57. The van der Waals surface area contributed by atoms with E-state index in [-0.39, 0.29) is 31.3 Å². The van der Waals surface area contributed by atoms with Gasteiger partial charge in [-0.3, -0.25) is 9.59 Å². The monoisotopic (exact) mass is 678 g/mol. The molecule has 5 atom stereocenters. The summed E-state index contributed by atoms with van der Waals surface area (Å²) in [7, 11) is 0. The number of hydrogen-bond acceptors (Lipinski definition) is 8. The van der Waals surface area contributed by atoms with E-state index < -0.39 is 52.7 Å². The van der Waals surface area contributed by atoms with Gasteiger partial charge in [0.25, 0.3) is 0 Å². The minimum atomic E-state index is -1.22. The molecule has 2 N–H and O–H groups in total. The summed E-state index contributed by atoms with van der Waals surface area (Å²) in [5.41, 5.74) is -0.812. The van der Waals surface area contributed by atoms with Crippen LogP contribution in [0.5, 0.6) is 5.75 Å². The van der Waals surface area contributed by atoms with Crippen molar-refractivity contribution < 1.29 is 37.8 Å². The van der Waals surface area contributed by atoms with E-state index in [1.54, 1.807) is 33.8 Å². The molecule has 4 aliphatic rings. The number of hydrogen-bond donors (Lipinski definition) is 2. The molecule has 0 radical (unpaired) electrons. The predicted octanol–water partition coefficient (Wildman–Crippen LogP) is 5.20. The zero-order valence-corrected chi connectivity index (χ0v) is 29.0. The molecule has 1 saturated heterocycles. The van der Waals surface area contributed by atoms with E-state index >= 15 is 0 Å². The van der Waals surface area contributed by atoms with Gasteiger partial charge >= 0.3 is 12.1 Å². The molecule has 11 nitrogen and oxygen atoms in total. The third kappa shape index (κ3) is 7.10. The zero-order chi connectivity index (χ0) is 35.1. The Kier molecular flexibility index (Phi) is 9.36. The Morgan fingerprint density at radius 1 is 1.18 bits per heavy atom. The largest absolute Gasteiger partial charge is 0.483 e. The first-order valence-corrected chi connectivity index (χ1v) is 17.5. The maximum Gasteiger partial charge on any atom is 0.408 e. The molecule has 1 aliphatic carbocycles. The van der Waals surface area contributed by atoms with Gasteiger partial charge in [0.2, 0.25) is 11.8 Å². The summed E-state index contributed by atoms with van der Waals surface area (Å²) in [6.45, 7) is 9.05. The summed E-state index contributed by atoms with van der Waals surface area (Å²) < 4.78 is 32.0. The van der Waals surface area contributed by atoms with E-state index in [1.807, 2.05) is 19.1 Å². The first kappa shape index (κ1) is 34.6. The van der Waals surface area contributed by atoms with Gasteiger partial charge < -0.3 is 29.7 Å². The molecule has 3 aliphatic heterocycles. The van der Waals surface area contributed by atoms with Crippen LogP contribution >= 0.6 is 0 Å². The lowest BCUT2D eigenvalue weighted by atomic mass is 9.87. The standard InChI is InChI=1S/C37H47FN4O7/c1-6-47-33(45)37-19-23(37)12-10-8-7-9-11-13-28(40-34(46)49-35(3,4)5)32(44)42-21-36(20-29(42)31(43)41-37)17-16-25-26-18-24(38)14-15-27(26)39-22(2)30(25)48-36/h10,12,14-15,18,23,28-29H,6-9,11,13,16-17,19-21H2,1-5H3,(H,40,46)(H,41,43)/b12-10-/t23-,28+,29+,36-,37?/m1/s1. The molecule has 4 heterocycles. The second-order valence-corrected chi connectivity index (χ2v) is 14.9. The molecule has 264 valence electrons. The fourth-order valence-corrected chi connectivity index (χ4v) is 7.56. The Hall–Kier alpha value is -4.22. The third-order valence-corrected chi connectivity index (χ3v) is 10.0. The number of ether oxygens (including phenoxy) is 3. The first-order chi connectivity index (χ1) is 23.2. The number of nitrogens with one attached hydrogen (secondary N) is 2. The Balaban J connectivity index is 1.36. The Bertz CT molecular complexity index is 1690. The Labute approximate surface area is 286 Å². The molecular weight excluding hydrogens is 631 g/mol. The van der Waals surface area contributed by atoms with Crippen LogP contribution in [-0.2, 0) is 30.3 Å². The SMILES string of the molecule is CCOC(=O)C12C[C@H]1/C=C\CCCCC[C@H](NC(=O)OC(C)(C)C)C(=O)N1C[C@@]3(CCc4c(c(C)nc5ccc(F)cc45)O3)C[C@H]1C(=O)N2. The highest BCUT2D eigenvalue weighted by molar-refractivity contribution is 5.97. The molecular formula is C37H47FN4O7. The molecule has 12 heteroatoms. The minimum Gasteiger partial charge on any atom is -0.483 e. The smallest absolute Gasteiger partial charge is 0.408 e. The third-order valence-electron chi connectivity index (χ3n) is 10.0. The van der Waals surface area contributed by atoms with Crippen molar-refractivity contribution >= 4 is 34.8 Å². The number of amides is 3. The maximum atomic E-state index is 14.5. The van der Waals surface area contributed by atoms with Crippen LogP contribution in [-0.4, -0.2) is 75.7 Å². The van der Waals surface area contributed by atoms with Crippen molar-refractivity contribution in [1.29, 1.82) is 0 Å². The molecule has 1 spiro atoms. The van der Waals surface area contributed by atoms with Crippen molar-refractivity contribution in [2.24, 2.45) is 5.92 Å². The second-order valence-electron chi connectivity index (χ2n) is 14.9. The molecule has 1 aromatic carbocycles. The van der Waals surface area contributed by atoms with E-state index in [9.17, 15) is 23.6 Å². The lowest BCUT2D eigenvalue weighted by molar-refractivity contribution is -0.150. The van der Waals surface area contributed by atoms with Crippen molar-refractivity contribution in [3.8, 4) is 5.75 Å². The van der Waals surface area contributed by atoms with Crippen molar-refractivity contribution in [3.63, 3.8) is 0 Å². The number of carbonyl (C=O) groups is 4. The summed E-state index contributed by atoms with van der Waals surface area (Å²) >= 11 is 0. The van der Waals surface area contributed by atoms with Gasteiger partial charge in [0.1, 0.15) is 40.4 Å². The zero-order valence-electron chi connectivity index (χ0n) is 29.0. The number of nitrogens with zero attached hydrogens (tertiary/aromatic N) is 2. The maximum absolute atomic E-state index is 14.5. The molecule has 3 amide bonds. The van der Waals surface area contributed by atoms with Gasteiger partial charge in [0, 0.05) is 23.3 Å². The van der Waals surface area contributed by atoms with Crippen LogP contribution in [0.2, 0.25) is 0 Å². The predicted molar refractivity (Wildman–Crippen MR) is 179 cm³/mol. The topological polar surface area (TPSA) is 136 Å². The highest BCUT2D eigenvalue weighted by atomic mass is 19.1. The van der Waals surface area contributed by atoms with Gasteiger partial charge in [0.15, 0.2) is 0 Å². The summed E-state index contributed by atoms with van der Waals surface area (Å²) in [6.07, 6.45) is 8.35. The number of rotatable bonds is 3. The Morgan fingerprint density at radius 2 is 1.98 bits per heavy atom.